The second-order valence-corrected chi connectivity index (χ2v) is 9.87. The van der Waals surface area contributed by atoms with Crippen LogP contribution in [0, 0.1) is 0 Å². The maximum atomic E-state index is 12.5. The number of carbonyl (C=O) groups excluding carboxylic acids is 1. The Bertz CT molecular complexity index is 979. The van der Waals surface area contributed by atoms with Crippen molar-refractivity contribution in [2.24, 2.45) is 0 Å². The monoisotopic (exact) mass is 398 g/mol. The van der Waals surface area contributed by atoms with Gasteiger partial charge >= 0.3 is 0 Å². The molecule has 28 heavy (non-hydrogen) atoms. The molecule has 0 unspecified atom stereocenters. The summed E-state index contributed by atoms with van der Waals surface area (Å²) in [5, 5.41) is 2.94. The highest BCUT2D eigenvalue weighted by molar-refractivity contribution is 7.90. The zero-order chi connectivity index (χ0) is 19.7. The Morgan fingerprint density at radius 1 is 1.00 bits per heavy atom. The molecule has 2 aromatic rings. The van der Waals surface area contributed by atoms with Crippen LogP contribution in [-0.2, 0) is 22.7 Å². The minimum absolute atomic E-state index is 0.213. The molecule has 1 fully saturated rings. The molecule has 0 bridgehead atoms. The van der Waals surface area contributed by atoms with E-state index in [2.05, 4.69) is 22.3 Å². The molecule has 0 saturated heterocycles. The molecule has 1 amide bonds. The second-order valence-electron chi connectivity index (χ2n) is 7.85. The van der Waals surface area contributed by atoms with Crippen molar-refractivity contribution in [3.8, 4) is 0 Å². The highest BCUT2D eigenvalue weighted by Gasteiger charge is 2.26. The fourth-order valence-corrected chi connectivity index (χ4v) is 4.62. The molecule has 2 aromatic carbocycles. The molecule has 1 aliphatic heterocycles. The lowest BCUT2D eigenvalue weighted by Gasteiger charge is -2.36. The predicted molar refractivity (Wildman–Crippen MR) is 111 cm³/mol. The summed E-state index contributed by atoms with van der Waals surface area (Å²) in [4.78, 5) is 15.4. The van der Waals surface area contributed by atoms with Gasteiger partial charge in [-0.2, -0.15) is 0 Å². The Kier molecular flexibility index (Phi) is 5.25. The normalized spacial score (nSPS) is 18.0. The van der Waals surface area contributed by atoms with E-state index in [0.717, 1.165) is 43.9 Å². The van der Waals surface area contributed by atoms with Crippen molar-refractivity contribution in [3.05, 3.63) is 59.2 Å². The first-order valence-corrected chi connectivity index (χ1v) is 11.8. The van der Waals surface area contributed by atoms with E-state index >= 15 is 0 Å². The maximum absolute atomic E-state index is 12.5. The standard InChI is InChI=1S/C22H26N2O3S/c1-28(26,27)21-9-6-17(7-10-21)22(25)23-19-8-5-16-11-13-24(20-3-2-4-20)14-12-18(16)15-19/h5-10,15,20H,2-4,11-14H2,1H3,(H,23,25). The van der Waals surface area contributed by atoms with E-state index in [9.17, 15) is 13.2 Å². The average molecular weight is 399 g/mol. The van der Waals surface area contributed by atoms with Crippen LogP contribution in [0.15, 0.2) is 47.4 Å². The molecule has 2 aliphatic rings. The Hall–Kier alpha value is -2.18. The number of nitrogens with zero attached hydrogens (tertiary/aromatic N) is 1. The summed E-state index contributed by atoms with van der Waals surface area (Å²) >= 11 is 0. The summed E-state index contributed by atoms with van der Waals surface area (Å²) in [7, 11) is -3.26. The van der Waals surface area contributed by atoms with Gasteiger partial charge in [0.1, 0.15) is 0 Å². The van der Waals surface area contributed by atoms with Crippen molar-refractivity contribution < 1.29 is 13.2 Å². The van der Waals surface area contributed by atoms with Crippen LogP contribution >= 0.6 is 0 Å². The summed E-state index contributed by atoms with van der Waals surface area (Å²) < 4.78 is 23.1. The largest absolute Gasteiger partial charge is 0.322 e. The van der Waals surface area contributed by atoms with Gasteiger partial charge in [-0.15, -0.1) is 0 Å². The highest BCUT2D eigenvalue weighted by Crippen LogP contribution is 2.28. The lowest BCUT2D eigenvalue weighted by molar-refractivity contribution is 0.102. The molecular weight excluding hydrogens is 372 g/mol. The van der Waals surface area contributed by atoms with Gasteiger partial charge in [-0.3, -0.25) is 9.69 Å². The van der Waals surface area contributed by atoms with Crippen LogP contribution in [0.5, 0.6) is 0 Å². The van der Waals surface area contributed by atoms with Crippen LogP contribution in [-0.4, -0.2) is 44.6 Å². The molecule has 1 heterocycles. The topological polar surface area (TPSA) is 66.5 Å². The van der Waals surface area contributed by atoms with E-state index in [-0.39, 0.29) is 10.8 Å². The highest BCUT2D eigenvalue weighted by atomic mass is 32.2. The van der Waals surface area contributed by atoms with Crippen molar-refractivity contribution in [2.75, 3.05) is 24.7 Å². The number of carbonyl (C=O) groups is 1. The van der Waals surface area contributed by atoms with E-state index < -0.39 is 9.84 Å². The van der Waals surface area contributed by atoms with Crippen LogP contribution in [0.4, 0.5) is 5.69 Å². The minimum atomic E-state index is -3.26. The minimum Gasteiger partial charge on any atom is -0.322 e. The summed E-state index contributed by atoms with van der Waals surface area (Å²) in [5.41, 5.74) is 3.91. The van der Waals surface area contributed by atoms with E-state index in [1.54, 1.807) is 12.1 Å². The number of hydrogen-bond donors (Lipinski definition) is 1. The van der Waals surface area contributed by atoms with Crippen LogP contribution in [0.1, 0.15) is 40.7 Å². The molecule has 0 atom stereocenters. The van der Waals surface area contributed by atoms with E-state index in [1.165, 1.54) is 42.5 Å². The van der Waals surface area contributed by atoms with Crippen molar-refractivity contribution in [3.63, 3.8) is 0 Å². The first kappa shape index (κ1) is 19.2. The summed E-state index contributed by atoms with van der Waals surface area (Å²) in [6, 6.07) is 13.0. The average Bonchev–Trinajstić information content (AvgIpc) is 2.82. The van der Waals surface area contributed by atoms with E-state index in [4.69, 9.17) is 0 Å². The quantitative estimate of drug-likeness (QED) is 0.858. The van der Waals surface area contributed by atoms with E-state index in [0.29, 0.717) is 5.56 Å². The van der Waals surface area contributed by atoms with Crippen molar-refractivity contribution in [1.82, 2.24) is 4.90 Å². The molecular formula is C22H26N2O3S. The number of nitrogens with one attached hydrogen (secondary N) is 1. The van der Waals surface area contributed by atoms with Gasteiger partial charge in [-0.1, -0.05) is 12.5 Å². The second kappa shape index (κ2) is 7.68. The van der Waals surface area contributed by atoms with Crippen molar-refractivity contribution >= 4 is 21.4 Å². The predicted octanol–water partition coefficient (Wildman–Crippen LogP) is 3.30. The van der Waals surface area contributed by atoms with Gasteiger partial charge in [0, 0.05) is 36.6 Å². The summed E-state index contributed by atoms with van der Waals surface area (Å²) in [5.74, 6) is -0.232. The zero-order valence-corrected chi connectivity index (χ0v) is 17.0. The maximum Gasteiger partial charge on any atom is 0.255 e. The van der Waals surface area contributed by atoms with E-state index in [1.807, 2.05) is 6.07 Å². The molecule has 6 heteroatoms. The molecule has 5 nitrogen and oxygen atoms in total. The SMILES string of the molecule is CS(=O)(=O)c1ccc(C(=O)Nc2ccc3c(c2)CCN(C2CCC2)CC3)cc1. The van der Waals surface area contributed by atoms with Gasteiger partial charge in [-0.25, -0.2) is 8.42 Å². The van der Waals surface area contributed by atoms with Crippen molar-refractivity contribution in [2.45, 2.75) is 43.0 Å². The van der Waals surface area contributed by atoms with Gasteiger partial charge in [0.2, 0.25) is 0 Å². The van der Waals surface area contributed by atoms with Gasteiger partial charge in [0.15, 0.2) is 9.84 Å². The molecule has 1 aliphatic carbocycles. The molecule has 1 saturated carbocycles. The van der Waals surface area contributed by atoms with Crippen LogP contribution in [0.2, 0.25) is 0 Å². The third-order valence-corrected chi connectivity index (χ3v) is 7.07. The first-order valence-electron chi connectivity index (χ1n) is 9.87. The molecule has 0 radical (unpaired) electrons. The fourth-order valence-electron chi connectivity index (χ4n) is 3.99. The molecule has 4 rings (SSSR count). The van der Waals surface area contributed by atoms with Crippen LogP contribution in [0.25, 0.3) is 0 Å². The molecule has 0 spiro atoms. The lowest BCUT2D eigenvalue weighted by atomic mass is 9.91. The van der Waals surface area contributed by atoms with Crippen LogP contribution in [0.3, 0.4) is 0 Å². The fraction of sp³-hybridized carbons (Fsp3) is 0.409. The number of fused-ring (bicyclic) bond motifs is 1. The molecule has 0 aromatic heterocycles. The Labute approximate surface area is 166 Å². The van der Waals surface area contributed by atoms with Gasteiger partial charge < -0.3 is 5.32 Å². The van der Waals surface area contributed by atoms with Crippen LogP contribution < -0.4 is 5.32 Å². The van der Waals surface area contributed by atoms with Crippen molar-refractivity contribution in [1.29, 1.82) is 0 Å². The molecule has 1 N–H and O–H groups in total. The Balaban J connectivity index is 1.44. The van der Waals surface area contributed by atoms with Gasteiger partial charge in [0.25, 0.3) is 5.91 Å². The third kappa shape index (κ3) is 4.13. The first-order chi connectivity index (χ1) is 13.4. The summed E-state index contributed by atoms with van der Waals surface area (Å²) in [6.45, 7) is 2.21. The number of hydrogen-bond acceptors (Lipinski definition) is 4. The number of amides is 1. The smallest absolute Gasteiger partial charge is 0.255 e. The Morgan fingerprint density at radius 2 is 1.68 bits per heavy atom. The molecule has 148 valence electrons. The third-order valence-electron chi connectivity index (χ3n) is 5.94. The zero-order valence-electron chi connectivity index (χ0n) is 16.1. The Morgan fingerprint density at radius 3 is 2.29 bits per heavy atom. The summed E-state index contributed by atoms with van der Waals surface area (Å²) in [6.07, 6.45) is 7.25. The van der Waals surface area contributed by atoms with Gasteiger partial charge in [-0.05, 0) is 73.2 Å². The number of rotatable bonds is 4. The number of sulfone groups is 1. The lowest BCUT2D eigenvalue weighted by Crippen LogP contribution is -2.41. The van der Waals surface area contributed by atoms with Gasteiger partial charge in [0.05, 0.1) is 4.90 Å². The number of anilines is 1. The number of benzene rings is 2.